The largest absolute Gasteiger partial charge is 0.495 e. The van der Waals surface area contributed by atoms with E-state index in [0.717, 1.165) is 16.0 Å². The number of nitrogens with two attached hydrogens (primary N) is 1. The number of nitrogens with zero attached hydrogens (tertiary/aromatic N) is 1. The Kier molecular flexibility index (Phi) is 3.05. The van der Waals surface area contributed by atoms with Gasteiger partial charge in [-0.3, -0.25) is 0 Å². The average molecular weight is 272 g/mol. The lowest BCUT2D eigenvalue weighted by atomic mass is 10.3. The third kappa shape index (κ3) is 2.37. The number of hydrogen-bond acceptors (Lipinski definition) is 5. The van der Waals surface area contributed by atoms with Gasteiger partial charge in [0.1, 0.15) is 11.3 Å². The van der Waals surface area contributed by atoms with Gasteiger partial charge in [0.25, 0.3) is 5.22 Å². The second-order valence-electron chi connectivity index (χ2n) is 3.95. The third-order valence-electron chi connectivity index (χ3n) is 2.68. The molecule has 1 heterocycles. The lowest BCUT2D eigenvalue weighted by molar-refractivity contribution is 0.416. The molecule has 1 aromatic heterocycles. The molecule has 2 aromatic carbocycles. The highest BCUT2D eigenvalue weighted by molar-refractivity contribution is 7.99. The number of anilines is 1. The van der Waals surface area contributed by atoms with E-state index in [1.54, 1.807) is 7.11 Å². The first kappa shape index (κ1) is 11.9. The number of ether oxygens (including phenoxy) is 1. The second kappa shape index (κ2) is 4.85. The van der Waals surface area contributed by atoms with Crippen LogP contribution < -0.4 is 10.5 Å². The average Bonchev–Trinajstić information content (AvgIpc) is 2.83. The maximum atomic E-state index is 5.78. The Balaban J connectivity index is 1.92. The number of rotatable bonds is 3. The lowest BCUT2D eigenvalue weighted by Gasteiger charge is -2.05. The van der Waals surface area contributed by atoms with Gasteiger partial charge in [-0.1, -0.05) is 12.1 Å². The molecular weight excluding hydrogens is 260 g/mol. The summed E-state index contributed by atoms with van der Waals surface area (Å²) < 4.78 is 10.8. The molecule has 0 spiro atoms. The molecule has 2 N–H and O–H groups in total. The zero-order valence-electron chi connectivity index (χ0n) is 10.3. The van der Waals surface area contributed by atoms with Crippen LogP contribution in [0.25, 0.3) is 11.1 Å². The molecule has 0 unspecified atom stereocenters. The highest BCUT2D eigenvalue weighted by Crippen LogP contribution is 2.33. The minimum atomic E-state index is 0.605. The quantitative estimate of drug-likeness (QED) is 0.738. The van der Waals surface area contributed by atoms with Gasteiger partial charge < -0.3 is 14.9 Å². The third-order valence-corrected chi connectivity index (χ3v) is 3.52. The molecule has 0 amide bonds. The van der Waals surface area contributed by atoms with Crippen molar-refractivity contribution < 1.29 is 9.15 Å². The first-order chi connectivity index (χ1) is 9.26. The topological polar surface area (TPSA) is 61.3 Å². The Labute approximate surface area is 114 Å². The summed E-state index contributed by atoms with van der Waals surface area (Å²) in [6.07, 6.45) is 0. The number of fused-ring (bicyclic) bond motifs is 1. The molecule has 0 bridgehead atoms. The molecule has 0 saturated heterocycles. The van der Waals surface area contributed by atoms with Crippen LogP contribution in [0.1, 0.15) is 0 Å². The number of para-hydroxylation sites is 2. The maximum Gasteiger partial charge on any atom is 0.261 e. The van der Waals surface area contributed by atoms with Crippen LogP contribution in [0.5, 0.6) is 5.75 Å². The van der Waals surface area contributed by atoms with Crippen molar-refractivity contribution in [3.05, 3.63) is 42.5 Å². The Morgan fingerprint density at radius 1 is 1.21 bits per heavy atom. The Hall–Kier alpha value is -2.14. The van der Waals surface area contributed by atoms with E-state index in [1.165, 1.54) is 11.8 Å². The fraction of sp³-hybridized carbons (Fsp3) is 0.0714. The highest BCUT2D eigenvalue weighted by Gasteiger charge is 2.08. The van der Waals surface area contributed by atoms with Crippen LogP contribution in [0.2, 0.25) is 0 Å². The van der Waals surface area contributed by atoms with Crippen LogP contribution in [0, 0.1) is 0 Å². The standard InChI is InChI=1S/C14H12N2O2S/c1-17-13-8-9(6-7-10(13)15)19-14-16-11-4-2-3-5-12(11)18-14/h2-8H,15H2,1H3. The smallest absolute Gasteiger partial charge is 0.261 e. The molecule has 0 aliphatic rings. The van der Waals surface area contributed by atoms with Gasteiger partial charge in [-0.15, -0.1) is 0 Å². The second-order valence-corrected chi connectivity index (χ2v) is 4.98. The van der Waals surface area contributed by atoms with Crippen molar-refractivity contribution in [1.82, 2.24) is 4.98 Å². The van der Waals surface area contributed by atoms with Crippen LogP contribution >= 0.6 is 11.8 Å². The van der Waals surface area contributed by atoms with Crippen LogP contribution in [0.15, 0.2) is 57.0 Å². The van der Waals surface area contributed by atoms with E-state index in [1.807, 2.05) is 42.5 Å². The number of hydrogen-bond donors (Lipinski definition) is 1. The van der Waals surface area contributed by atoms with Crippen molar-refractivity contribution in [2.24, 2.45) is 0 Å². The summed E-state index contributed by atoms with van der Waals surface area (Å²) in [5.74, 6) is 0.654. The van der Waals surface area contributed by atoms with Crippen molar-refractivity contribution >= 4 is 28.5 Å². The van der Waals surface area contributed by atoms with E-state index in [-0.39, 0.29) is 0 Å². The number of nitrogen functional groups attached to an aromatic ring is 1. The summed E-state index contributed by atoms with van der Waals surface area (Å²) >= 11 is 1.44. The van der Waals surface area contributed by atoms with Gasteiger partial charge in [-0.05, 0) is 42.1 Å². The van der Waals surface area contributed by atoms with Gasteiger partial charge in [-0.25, -0.2) is 4.98 Å². The monoisotopic (exact) mass is 272 g/mol. The first-order valence-corrected chi connectivity index (χ1v) is 6.55. The Morgan fingerprint density at radius 3 is 2.84 bits per heavy atom. The molecule has 0 fully saturated rings. The normalized spacial score (nSPS) is 10.8. The fourth-order valence-corrected chi connectivity index (χ4v) is 2.53. The van der Waals surface area contributed by atoms with E-state index in [9.17, 15) is 0 Å². The van der Waals surface area contributed by atoms with Gasteiger partial charge in [0.2, 0.25) is 0 Å². The molecular formula is C14H12N2O2S. The zero-order chi connectivity index (χ0) is 13.2. The van der Waals surface area contributed by atoms with Crippen LogP contribution in [-0.2, 0) is 0 Å². The van der Waals surface area contributed by atoms with Gasteiger partial charge in [0.15, 0.2) is 5.58 Å². The molecule has 0 saturated carbocycles. The molecule has 3 rings (SSSR count). The van der Waals surface area contributed by atoms with Gasteiger partial charge >= 0.3 is 0 Å². The minimum absolute atomic E-state index is 0.605. The molecule has 0 aliphatic carbocycles. The van der Waals surface area contributed by atoms with Crippen molar-refractivity contribution in [1.29, 1.82) is 0 Å². The predicted molar refractivity (Wildman–Crippen MR) is 75.5 cm³/mol. The molecule has 0 atom stereocenters. The van der Waals surface area contributed by atoms with Crippen LogP contribution in [-0.4, -0.2) is 12.1 Å². The fourth-order valence-electron chi connectivity index (χ4n) is 1.75. The lowest BCUT2D eigenvalue weighted by Crippen LogP contribution is -1.91. The van der Waals surface area contributed by atoms with E-state index in [4.69, 9.17) is 14.9 Å². The van der Waals surface area contributed by atoms with E-state index in [0.29, 0.717) is 16.7 Å². The van der Waals surface area contributed by atoms with Gasteiger partial charge in [0.05, 0.1) is 12.8 Å². The first-order valence-electron chi connectivity index (χ1n) is 5.73. The molecule has 0 aliphatic heterocycles. The summed E-state index contributed by atoms with van der Waals surface area (Å²) in [6, 6.07) is 13.3. The molecule has 0 radical (unpaired) electrons. The Morgan fingerprint density at radius 2 is 2.05 bits per heavy atom. The zero-order valence-corrected chi connectivity index (χ0v) is 11.1. The Bertz CT molecular complexity index is 691. The van der Waals surface area contributed by atoms with Crippen molar-refractivity contribution in [3.63, 3.8) is 0 Å². The number of methoxy groups -OCH3 is 1. The molecule has 3 aromatic rings. The molecule has 96 valence electrons. The van der Waals surface area contributed by atoms with Crippen molar-refractivity contribution in [2.45, 2.75) is 10.1 Å². The SMILES string of the molecule is COc1cc(Sc2nc3ccccc3o2)ccc1N. The summed E-state index contributed by atoms with van der Waals surface area (Å²) in [6.45, 7) is 0. The van der Waals surface area contributed by atoms with Gasteiger partial charge in [-0.2, -0.15) is 0 Å². The summed E-state index contributed by atoms with van der Waals surface area (Å²) in [5.41, 5.74) is 8.04. The maximum absolute atomic E-state index is 5.78. The summed E-state index contributed by atoms with van der Waals surface area (Å²) in [7, 11) is 1.60. The summed E-state index contributed by atoms with van der Waals surface area (Å²) in [5, 5.41) is 0.605. The number of oxazole rings is 1. The van der Waals surface area contributed by atoms with E-state index < -0.39 is 0 Å². The predicted octanol–water partition coefficient (Wildman–Crippen LogP) is 3.57. The molecule has 19 heavy (non-hydrogen) atoms. The summed E-state index contributed by atoms with van der Waals surface area (Å²) in [4.78, 5) is 5.38. The van der Waals surface area contributed by atoms with E-state index in [2.05, 4.69) is 4.98 Å². The van der Waals surface area contributed by atoms with Gasteiger partial charge in [0, 0.05) is 4.90 Å². The van der Waals surface area contributed by atoms with E-state index >= 15 is 0 Å². The number of aromatic nitrogens is 1. The van der Waals surface area contributed by atoms with Crippen molar-refractivity contribution in [2.75, 3.05) is 12.8 Å². The molecule has 4 nitrogen and oxygen atoms in total. The minimum Gasteiger partial charge on any atom is -0.495 e. The number of benzene rings is 2. The van der Waals surface area contributed by atoms with Crippen LogP contribution in [0.3, 0.4) is 0 Å². The van der Waals surface area contributed by atoms with Crippen LogP contribution in [0.4, 0.5) is 5.69 Å². The van der Waals surface area contributed by atoms with Crippen molar-refractivity contribution in [3.8, 4) is 5.75 Å². The highest BCUT2D eigenvalue weighted by atomic mass is 32.2. The molecule has 5 heteroatoms.